The minimum absolute atomic E-state index is 0.00698. The number of anilines is 1. The lowest BCUT2D eigenvalue weighted by molar-refractivity contribution is -0.121. The van der Waals surface area contributed by atoms with Crippen LogP contribution in [0.1, 0.15) is 61.8 Å². The van der Waals surface area contributed by atoms with Crippen LogP contribution in [0.15, 0.2) is 36.4 Å². The van der Waals surface area contributed by atoms with Crippen LogP contribution >= 0.6 is 0 Å². The highest BCUT2D eigenvalue weighted by Gasteiger charge is 2.20. The monoisotopic (exact) mass is 464 g/mol. The molecule has 0 heterocycles. The van der Waals surface area contributed by atoms with E-state index in [0.717, 1.165) is 47.5 Å². The second-order valence-electron chi connectivity index (χ2n) is 8.30. The number of halogens is 2. The molecular formula is C24H30F2N2O3S. The third-order valence-corrected chi connectivity index (χ3v) is 7.07. The third-order valence-electron chi connectivity index (χ3n) is 5.87. The number of rotatable bonds is 9. The van der Waals surface area contributed by atoms with Crippen LogP contribution in [0.4, 0.5) is 14.5 Å². The number of hydrogen-bond donors (Lipinski definition) is 1. The molecule has 0 radical (unpaired) electrons. The highest BCUT2D eigenvalue weighted by molar-refractivity contribution is 7.92. The Balaban J connectivity index is 1.60. The van der Waals surface area contributed by atoms with Gasteiger partial charge < -0.3 is 5.32 Å². The molecule has 1 aliphatic carbocycles. The van der Waals surface area contributed by atoms with Crippen LogP contribution < -0.4 is 9.62 Å². The van der Waals surface area contributed by atoms with Crippen LogP contribution in [0.5, 0.6) is 0 Å². The van der Waals surface area contributed by atoms with Crippen molar-refractivity contribution in [1.82, 2.24) is 5.32 Å². The molecule has 3 rings (SSSR count). The average molecular weight is 465 g/mol. The normalized spacial score (nSPS) is 14.5. The van der Waals surface area contributed by atoms with Crippen molar-refractivity contribution in [3.05, 3.63) is 64.7 Å². The van der Waals surface area contributed by atoms with Gasteiger partial charge in [-0.1, -0.05) is 25.1 Å². The lowest BCUT2D eigenvalue weighted by Crippen LogP contribution is -2.33. The second kappa shape index (κ2) is 10.4. The average Bonchev–Trinajstić information content (AvgIpc) is 2.76. The van der Waals surface area contributed by atoms with Crippen molar-refractivity contribution >= 4 is 21.6 Å². The van der Waals surface area contributed by atoms with Crippen molar-refractivity contribution in [3.63, 3.8) is 0 Å². The fourth-order valence-electron chi connectivity index (χ4n) is 4.17. The first-order valence-electron chi connectivity index (χ1n) is 11.0. The zero-order chi connectivity index (χ0) is 23.3. The summed E-state index contributed by atoms with van der Waals surface area (Å²) in [5.41, 5.74) is 3.87. The molecule has 0 aromatic heterocycles. The lowest BCUT2D eigenvalue weighted by atomic mass is 9.89. The van der Waals surface area contributed by atoms with Gasteiger partial charge in [0.1, 0.15) is 0 Å². The Labute approximate surface area is 188 Å². The summed E-state index contributed by atoms with van der Waals surface area (Å²) >= 11 is 0. The van der Waals surface area contributed by atoms with E-state index < -0.39 is 21.7 Å². The molecule has 32 heavy (non-hydrogen) atoms. The summed E-state index contributed by atoms with van der Waals surface area (Å²) in [7, 11) is -3.71. The van der Waals surface area contributed by atoms with Gasteiger partial charge in [0.15, 0.2) is 11.6 Å². The fourth-order valence-corrected chi connectivity index (χ4v) is 5.12. The molecule has 2 aromatic carbocycles. The summed E-state index contributed by atoms with van der Waals surface area (Å²) in [5.74, 6) is -2.34. The number of nitrogens with zero attached hydrogens (tertiary/aromatic N) is 1. The van der Waals surface area contributed by atoms with E-state index in [9.17, 15) is 22.0 Å². The number of hydrogen-bond acceptors (Lipinski definition) is 3. The van der Waals surface area contributed by atoms with Crippen molar-refractivity contribution in [2.24, 2.45) is 0 Å². The van der Waals surface area contributed by atoms with Crippen molar-refractivity contribution < 1.29 is 22.0 Å². The summed E-state index contributed by atoms with van der Waals surface area (Å²) in [5, 5.41) is 3.04. The van der Waals surface area contributed by atoms with Gasteiger partial charge in [-0.05, 0) is 67.3 Å². The molecule has 0 saturated carbocycles. The minimum atomic E-state index is -3.71. The van der Waals surface area contributed by atoms with Gasteiger partial charge in [-0.2, -0.15) is 0 Å². The van der Waals surface area contributed by atoms with Gasteiger partial charge in [0.2, 0.25) is 15.9 Å². The van der Waals surface area contributed by atoms with E-state index in [1.165, 1.54) is 30.0 Å². The summed E-state index contributed by atoms with van der Waals surface area (Å²) in [4.78, 5) is 12.6. The molecule has 0 spiro atoms. The maximum Gasteiger partial charge on any atom is 0.232 e. The topological polar surface area (TPSA) is 66.5 Å². The van der Waals surface area contributed by atoms with E-state index in [2.05, 4.69) is 23.5 Å². The van der Waals surface area contributed by atoms with E-state index in [4.69, 9.17) is 0 Å². The molecule has 0 fully saturated rings. The Kier molecular flexibility index (Phi) is 7.87. The van der Waals surface area contributed by atoms with Crippen LogP contribution in [0, 0.1) is 11.6 Å². The van der Waals surface area contributed by atoms with Crippen LogP contribution in [0.25, 0.3) is 0 Å². The zero-order valence-electron chi connectivity index (χ0n) is 18.5. The summed E-state index contributed by atoms with van der Waals surface area (Å²) < 4.78 is 52.0. The fraction of sp³-hybridized carbons (Fsp3) is 0.458. The molecule has 5 nitrogen and oxygen atoms in total. The molecule has 1 atom stereocenters. The molecule has 1 aliphatic rings. The quantitative estimate of drug-likeness (QED) is 0.587. The van der Waals surface area contributed by atoms with Crippen LogP contribution in [0.3, 0.4) is 0 Å². The Morgan fingerprint density at radius 2 is 1.78 bits per heavy atom. The molecule has 174 valence electrons. The lowest BCUT2D eigenvalue weighted by Gasteiger charge is -2.23. The SMILES string of the molecule is CC[C@@H](NC(=O)CCCN(c1ccc(F)c(F)c1)S(C)(=O)=O)c1ccc2c(c1)CCCC2. The molecule has 0 bridgehead atoms. The van der Waals surface area contributed by atoms with E-state index in [-0.39, 0.29) is 37.0 Å². The molecule has 1 N–H and O–H groups in total. The van der Waals surface area contributed by atoms with Crippen LogP contribution in [-0.4, -0.2) is 27.1 Å². The molecule has 1 amide bonds. The summed E-state index contributed by atoms with van der Waals surface area (Å²) in [6.45, 7) is 2.01. The number of sulfonamides is 1. The Hall–Kier alpha value is -2.48. The number of benzene rings is 2. The van der Waals surface area contributed by atoms with Gasteiger partial charge in [-0.25, -0.2) is 17.2 Å². The minimum Gasteiger partial charge on any atom is -0.349 e. The van der Waals surface area contributed by atoms with Crippen molar-refractivity contribution in [1.29, 1.82) is 0 Å². The van der Waals surface area contributed by atoms with Crippen molar-refractivity contribution in [2.75, 3.05) is 17.1 Å². The van der Waals surface area contributed by atoms with Gasteiger partial charge in [0.25, 0.3) is 0 Å². The highest BCUT2D eigenvalue weighted by atomic mass is 32.2. The maximum absolute atomic E-state index is 13.6. The van der Waals surface area contributed by atoms with Gasteiger partial charge in [0.05, 0.1) is 18.0 Å². The number of amides is 1. The maximum atomic E-state index is 13.6. The third kappa shape index (κ3) is 6.06. The number of nitrogens with one attached hydrogen (secondary N) is 1. The molecule has 0 saturated heterocycles. The molecule has 0 aliphatic heterocycles. The van der Waals surface area contributed by atoms with Crippen LogP contribution in [0.2, 0.25) is 0 Å². The van der Waals surface area contributed by atoms with E-state index >= 15 is 0 Å². The predicted molar refractivity (Wildman–Crippen MR) is 122 cm³/mol. The van der Waals surface area contributed by atoms with Gasteiger partial charge in [-0.15, -0.1) is 0 Å². The van der Waals surface area contributed by atoms with Crippen LogP contribution in [-0.2, 0) is 27.7 Å². The first-order chi connectivity index (χ1) is 15.2. The Morgan fingerprint density at radius 1 is 1.06 bits per heavy atom. The number of carbonyl (C=O) groups excluding carboxylic acids is 1. The Bertz CT molecular complexity index is 1070. The molecule has 0 unspecified atom stereocenters. The number of fused-ring (bicyclic) bond motifs is 1. The molecular weight excluding hydrogens is 434 g/mol. The standard InChI is InChI=1S/C24H30F2N2O3S/c1-3-23(19-11-10-17-7-4-5-8-18(17)15-19)27-24(29)9-6-14-28(32(2,30)31)20-12-13-21(25)22(26)16-20/h10-13,15-16,23H,3-9,14H2,1-2H3,(H,27,29)/t23-/m1/s1. The first-order valence-corrected chi connectivity index (χ1v) is 12.9. The highest BCUT2D eigenvalue weighted by Crippen LogP contribution is 2.26. The van der Waals surface area contributed by atoms with Gasteiger partial charge in [-0.3, -0.25) is 9.10 Å². The van der Waals surface area contributed by atoms with Crippen molar-refractivity contribution in [2.45, 2.75) is 57.9 Å². The predicted octanol–water partition coefficient (Wildman–Crippen LogP) is 4.66. The van der Waals surface area contributed by atoms with Gasteiger partial charge >= 0.3 is 0 Å². The summed E-state index contributed by atoms with van der Waals surface area (Å²) in [6, 6.07) is 9.27. The molecule has 2 aromatic rings. The van der Waals surface area contributed by atoms with E-state index in [1.807, 2.05) is 6.92 Å². The number of carbonyl (C=O) groups is 1. The van der Waals surface area contributed by atoms with Crippen molar-refractivity contribution in [3.8, 4) is 0 Å². The first kappa shape index (κ1) is 24.2. The second-order valence-corrected chi connectivity index (χ2v) is 10.2. The summed E-state index contributed by atoms with van der Waals surface area (Å²) in [6.07, 6.45) is 6.69. The Morgan fingerprint density at radius 3 is 2.44 bits per heavy atom. The van der Waals surface area contributed by atoms with E-state index in [1.54, 1.807) is 0 Å². The van der Waals surface area contributed by atoms with Gasteiger partial charge in [0, 0.05) is 19.0 Å². The molecule has 8 heteroatoms. The zero-order valence-corrected chi connectivity index (χ0v) is 19.4. The number of aryl methyl sites for hydroxylation is 2. The smallest absolute Gasteiger partial charge is 0.232 e. The largest absolute Gasteiger partial charge is 0.349 e. The van der Waals surface area contributed by atoms with E-state index in [0.29, 0.717) is 0 Å².